The number of aromatic nitrogens is 4. The van der Waals surface area contributed by atoms with E-state index in [0.29, 0.717) is 21.7 Å². The van der Waals surface area contributed by atoms with Crippen molar-refractivity contribution in [1.82, 2.24) is 20.2 Å². The lowest BCUT2D eigenvalue weighted by molar-refractivity contribution is -0.385. The summed E-state index contributed by atoms with van der Waals surface area (Å²) in [7, 11) is 0. The number of nitro groups is 1. The second kappa shape index (κ2) is 5.67. The molecule has 21 heavy (non-hydrogen) atoms. The highest BCUT2D eigenvalue weighted by atomic mass is 32.2. The van der Waals surface area contributed by atoms with Crippen molar-refractivity contribution in [1.29, 1.82) is 0 Å². The van der Waals surface area contributed by atoms with Gasteiger partial charge in [-0.1, -0.05) is 0 Å². The summed E-state index contributed by atoms with van der Waals surface area (Å²) in [6, 6.07) is 6.47. The number of pyridine rings is 2. The molecule has 0 radical (unpaired) electrons. The Kier molecular flexibility index (Phi) is 3.56. The summed E-state index contributed by atoms with van der Waals surface area (Å²) in [4.78, 5) is 18.0. The van der Waals surface area contributed by atoms with Crippen molar-refractivity contribution in [3.05, 3.63) is 53.0 Å². The topological polar surface area (TPSA) is 108 Å². The number of nitrogens with zero attached hydrogens (tertiary/aromatic N) is 5. The van der Waals surface area contributed by atoms with Crippen LogP contribution in [0.15, 0.2) is 57.5 Å². The van der Waals surface area contributed by atoms with Crippen LogP contribution in [-0.2, 0) is 0 Å². The maximum absolute atomic E-state index is 10.5. The molecular weight excluding hydrogens is 294 g/mol. The van der Waals surface area contributed by atoms with Gasteiger partial charge >= 0.3 is 0 Å². The Balaban J connectivity index is 1.77. The Labute approximate surface area is 122 Å². The van der Waals surface area contributed by atoms with E-state index < -0.39 is 4.92 Å². The van der Waals surface area contributed by atoms with Gasteiger partial charge in [0.05, 0.1) is 10.5 Å². The molecule has 0 aromatic carbocycles. The summed E-state index contributed by atoms with van der Waals surface area (Å²) in [6.07, 6.45) is 4.45. The van der Waals surface area contributed by atoms with Crippen molar-refractivity contribution in [3.63, 3.8) is 0 Å². The van der Waals surface area contributed by atoms with Gasteiger partial charge in [-0.3, -0.25) is 15.1 Å². The molecule has 0 aliphatic carbocycles. The number of hydrogen-bond acceptors (Lipinski definition) is 8. The van der Waals surface area contributed by atoms with Crippen molar-refractivity contribution < 1.29 is 9.34 Å². The fourth-order valence-corrected chi connectivity index (χ4v) is 2.11. The molecule has 0 atom stereocenters. The molecule has 0 aliphatic heterocycles. The zero-order valence-electron chi connectivity index (χ0n) is 10.4. The molecule has 0 bridgehead atoms. The summed E-state index contributed by atoms with van der Waals surface area (Å²) in [5, 5.41) is 19.2. The quantitative estimate of drug-likeness (QED) is 0.534. The predicted molar refractivity (Wildman–Crippen MR) is 72.5 cm³/mol. The molecule has 0 unspecified atom stereocenters. The first-order valence-corrected chi connectivity index (χ1v) is 6.56. The van der Waals surface area contributed by atoms with Crippen LogP contribution in [0, 0.1) is 10.1 Å². The molecule has 104 valence electrons. The zero-order chi connectivity index (χ0) is 14.7. The van der Waals surface area contributed by atoms with Crippen LogP contribution in [0.2, 0.25) is 0 Å². The summed E-state index contributed by atoms with van der Waals surface area (Å²) < 4.78 is 5.48. The van der Waals surface area contributed by atoms with Crippen molar-refractivity contribution in [2.24, 2.45) is 0 Å². The van der Waals surface area contributed by atoms with Crippen molar-refractivity contribution in [2.75, 3.05) is 0 Å². The number of hydrogen-bond donors (Lipinski definition) is 0. The third kappa shape index (κ3) is 3.03. The van der Waals surface area contributed by atoms with E-state index in [1.165, 1.54) is 18.3 Å². The highest BCUT2D eigenvalue weighted by Gasteiger charge is 2.12. The minimum Gasteiger partial charge on any atom is -0.411 e. The maximum atomic E-state index is 10.5. The highest BCUT2D eigenvalue weighted by Crippen LogP contribution is 2.28. The van der Waals surface area contributed by atoms with Crippen LogP contribution in [0.3, 0.4) is 0 Å². The van der Waals surface area contributed by atoms with Crippen LogP contribution in [0.1, 0.15) is 0 Å². The summed E-state index contributed by atoms with van der Waals surface area (Å²) >= 11 is 1.13. The second-order valence-corrected chi connectivity index (χ2v) is 4.80. The minimum atomic E-state index is -0.505. The molecule has 3 rings (SSSR count). The van der Waals surface area contributed by atoms with E-state index in [4.69, 9.17) is 4.42 Å². The van der Waals surface area contributed by atoms with Gasteiger partial charge in [0.2, 0.25) is 5.89 Å². The Hall–Kier alpha value is -2.81. The van der Waals surface area contributed by atoms with Gasteiger partial charge < -0.3 is 4.42 Å². The molecule has 0 fully saturated rings. The molecule has 9 heteroatoms. The van der Waals surface area contributed by atoms with E-state index >= 15 is 0 Å². The first kappa shape index (κ1) is 13.2. The zero-order valence-corrected chi connectivity index (χ0v) is 11.2. The smallest absolute Gasteiger partial charge is 0.287 e. The molecular formula is C12H7N5O3S. The molecule has 0 amide bonds. The molecule has 0 N–H and O–H groups in total. The van der Waals surface area contributed by atoms with E-state index in [1.54, 1.807) is 24.5 Å². The van der Waals surface area contributed by atoms with Gasteiger partial charge in [-0.2, -0.15) is 0 Å². The third-order valence-electron chi connectivity index (χ3n) is 2.44. The van der Waals surface area contributed by atoms with Gasteiger partial charge in [0.15, 0.2) is 0 Å². The Morgan fingerprint density at radius 3 is 2.76 bits per heavy atom. The summed E-state index contributed by atoms with van der Waals surface area (Å²) in [5.74, 6) is 0.354. The van der Waals surface area contributed by atoms with E-state index in [2.05, 4.69) is 20.2 Å². The third-order valence-corrected chi connectivity index (χ3v) is 3.23. The number of rotatable bonds is 4. The van der Waals surface area contributed by atoms with Gasteiger partial charge in [0, 0.05) is 18.5 Å². The molecule has 3 heterocycles. The van der Waals surface area contributed by atoms with Crippen molar-refractivity contribution in [2.45, 2.75) is 10.2 Å². The SMILES string of the molecule is O=[N+]([O-])c1ccc(Sc2nnc(-c3cccnc3)o2)nc1. The Bertz CT molecular complexity index is 760. The molecule has 0 spiro atoms. The molecule has 0 aliphatic rings. The van der Waals surface area contributed by atoms with E-state index in [-0.39, 0.29) is 5.69 Å². The molecule has 8 nitrogen and oxygen atoms in total. The molecule has 0 saturated heterocycles. The average Bonchev–Trinajstić information content (AvgIpc) is 2.97. The lowest BCUT2D eigenvalue weighted by atomic mass is 10.3. The Morgan fingerprint density at radius 2 is 2.10 bits per heavy atom. The van der Waals surface area contributed by atoms with Crippen LogP contribution in [0.4, 0.5) is 5.69 Å². The lowest BCUT2D eigenvalue weighted by Crippen LogP contribution is -1.89. The van der Waals surface area contributed by atoms with Crippen LogP contribution in [-0.4, -0.2) is 25.1 Å². The molecule has 3 aromatic heterocycles. The van der Waals surface area contributed by atoms with E-state index in [0.717, 1.165) is 11.8 Å². The maximum Gasteiger partial charge on any atom is 0.287 e. The first-order chi connectivity index (χ1) is 10.2. The monoisotopic (exact) mass is 301 g/mol. The van der Waals surface area contributed by atoms with Gasteiger partial charge in [-0.05, 0) is 30.0 Å². The van der Waals surface area contributed by atoms with Gasteiger partial charge in [-0.25, -0.2) is 4.98 Å². The van der Waals surface area contributed by atoms with E-state index in [9.17, 15) is 10.1 Å². The van der Waals surface area contributed by atoms with Crippen LogP contribution < -0.4 is 0 Å². The largest absolute Gasteiger partial charge is 0.411 e. The van der Waals surface area contributed by atoms with Crippen LogP contribution >= 0.6 is 11.8 Å². The standard InChI is InChI=1S/C12H7N5O3S/c18-17(19)9-3-4-10(14-7-9)21-12-16-15-11(20-12)8-2-1-5-13-6-8/h1-7H. The lowest BCUT2D eigenvalue weighted by Gasteiger charge is -1.95. The summed E-state index contributed by atoms with van der Waals surface area (Å²) in [5.41, 5.74) is 0.648. The molecule has 3 aromatic rings. The van der Waals surface area contributed by atoms with Crippen molar-refractivity contribution >= 4 is 17.4 Å². The highest BCUT2D eigenvalue weighted by molar-refractivity contribution is 7.99. The summed E-state index contributed by atoms with van der Waals surface area (Å²) in [6.45, 7) is 0. The predicted octanol–water partition coefficient (Wildman–Crippen LogP) is 2.59. The Morgan fingerprint density at radius 1 is 1.19 bits per heavy atom. The normalized spacial score (nSPS) is 10.5. The fourth-order valence-electron chi connectivity index (χ4n) is 1.49. The van der Waals surface area contributed by atoms with Gasteiger partial charge in [-0.15, -0.1) is 10.2 Å². The molecule has 0 saturated carbocycles. The first-order valence-electron chi connectivity index (χ1n) is 5.74. The minimum absolute atomic E-state index is 0.0686. The van der Waals surface area contributed by atoms with Crippen LogP contribution in [0.5, 0.6) is 0 Å². The average molecular weight is 301 g/mol. The van der Waals surface area contributed by atoms with Crippen molar-refractivity contribution in [3.8, 4) is 11.5 Å². The second-order valence-electron chi connectivity index (χ2n) is 3.83. The van der Waals surface area contributed by atoms with E-state index in [1.807, 2.05) is 0 Å². The van der Waals surface area contributed by atoms with Crippen LogP contribution in [0.25, 0.3) is 11.5 Å². The van der Waals surface area contributed by atoms with Gasteiger partial charge in [0.25, 0.3) is 10.9 Å². The van der Waals surface area contributed by atoms with Gasteiger partial charge in [0.1, 0.15) is 11.2 Å². The fraction of sp³-hybridized carbons (Fsp3) is 0.